The number of hydrogen-bond donors (Lipinski definition) is 4. The van der Waals surface area contributed by atoms with Crippen LogP contribution in [0.15, 0.2) is 42.5 Å². The number of anilines is 1. The Morgan fingerprint density at radius 1 is 1.23 bits per heavy atom. The zero-order valence-electron chi connectivity index (χ0n) is 14.1. The highest BCUT2D eigenvalue weighted by Gasteiger charge is 2.28. The highest BCUT2D eigenvalue weighted by Crippen LogP contribution is 2.39. The third-order valence-electron chi connectivity index (χ3n) is 4.57. The first-order chi connectivity index (χ1) is 12.5. The molecule has 1 fully saturated rings. The molecule has 1 aromatic heterocycles. The van der Waals surface area contributed by atoms with Gasteiger partial charge in [0, 0.05) is 17.3 Å². The molecule has 1 aliphatic rings. The van der Waals surface area contributed by atoms with Gasteiger partial charge in [-0.1, -0.05) is 0 Å². The molecule has 4 rings (SSSR count). The molecule has 1 aliphatic carbocycles. The molecule has 0 saturated heterocycles. The summed E-state index contributed by atoms with van der Waals surface area (Å²) < 4.78 is 2.21. The van der Waals surface area contributed by atoms with Gasteiger partial charge >= 0.3 is 5.97 Å². The number of carbonyl (C=O) groups is 1. The number of aromatic carboxylic acids is 1. The Hall–Kier alpha value is -3.35. The number of amidine groups is 1. The van der Waals surface area contributed by atoms with E-state index in [1.54, 1.807) is 24.3 Å². The Bertz CT molecular complexity index is 1000. The van der Waals surface area contributed by atoms with Crippen molar-refractivity contribution in [1.29, 1.82) is 5.41 Å². The van der Waals surface area contributed by atoms with E-state index in [1.165, 1.54) is 0 Å². The zero-order chi connectivity index (χ0) is 18.3. The smallest absolute Gasteiger partial charge is 0.335 e. The predicted octanol–water partition coefficient (Wildman–Crippen LogP) is 2.97. The molecule has 26 heavy (non-hydrogen) atoms. The summed E-state index contributed by atoms with van der Waals surface area (Å²) in [6.07, 6.45) is 2.24. The van der Waals surface area contributed by atoms with E-state index in [1.807, 2.05) is 18.2 Å². The molecule has 1 saturated carbocycles. The van der Waals surface area contributed by atoms with Crippen LogP contribution in [-0.2, 0) is 6.54 Å². The topological polar surface area (TPSA) is 117 Å². The second-order valence-electron chi connectivity index (χ2n) is 6.48. The van der Waals surface area contributed by atoms with E-state index >= 15 is 0 Å². The molecular weight excluding hydrogens is 330 g/mol. The molecule has 2 aromatic carbocycles. The van der Waals surface area contributed by atoms with Gasteiger partial charge in [0.05, 0.1) is 23.1 Å². The maximum Gasteiger partial charge on any atom is 0.335 e. The van der Waals surface area contributed by atoms with Crippen LogP contribution in [0.5, 0.6) is 0 Å². The van der Waals surface area contributed by atoms with Gasteiger partial charge < -0.3 is 20.7 Å². The average Bonchev–Trinajstić information content (AvgIpc) is 3.40. The lowest BCUT2D eigenvalue weighted by Crippen LogP contribution is -2.11. The van der Waals surface area contributed by atoms with E-state index in [4.69, 9.17) is 11.1 Å². The van der Waals surface area contributed by atoms with Crippen molar-refractivity contribution in [3.63, 3.8) is 0 Å². The minimum atomic E-state index is -0.946. The fraction of sp³-hybridized carbons (Fsp3) is 0.211. The molecule has 0 unspecified atom stereocenters. The van der Waals surface area contributed by atoms with Gasteiger partial charge in [-0.05, 0) is 55.3 Å². The molecule has 3 aromatic rings. The molecule has 7 nitrogen and oxygen atoms in total. The number of nitrogens with two attached hydrogens (primary N) is 1. The number of carboxylic acid groups (broad SMARTS) is 1. The molecule has 0 radical (unpaired) electrons. The highest BCUT2D eigenvalue weighted by molar-refractivity contribution is 5.95. The number of imidazole rings is 1. The van der Waals surface area contributed by atoms with Crippen molar-refractivity contribution in [2.24, 2.45) is 5.73 Å². The van der Waals surface area contributed by atoms with E-state index < -0.39 is 5.97 Å². The SMILES string of the molecule is N=C(N)c1ccc(NCc2nc3cc(C(=O)O)ccc3n2C2CC2)cc1. The van der Waals surface area contributed by atoms with E-state index in [2.05, 4.69) is 14.9 Å². The largest absolute Gasteiger partial charge is 0.478 e. The van der Waals surface area contributed by atoms with Crippen molar-refractivity contribution in [2.75, 3.05) is 5.32 Å². The Morgan fingerprint density at radius 3 is 2.54 bits per heavy atom. The number of fused-ring (bicyclic) bond motifs is 1. The Balaban J connectivity index is 1.61. The van der Waals surface area contributed by atoms with E-state index in [0.29, 0.717) is 23.7 Å². The maximum atomic E-state index is 11.2. The fourth-order valence-corrected chi connectivity index (χ4v) is 3.10. The van der Waals surface area contributed by atoms with Crippen LogP contribution in [0, 0.1) is 5.41 Å². The maximum absolute atomic E-state index is 11.2. The van der Waals surface area contributed by atoms with Crippen molar-refractivity contribution >= 4 is 28.5 Å². The molecule has 5 N–H and O–H groups in total. The fourth-order valence-electron chi connectivity index (χ4n) is 3.10. The van der Waals surface area contributed by atoms with Crippen molar-refractivity contribution in [3.8, 4) is 0 Å². The normalized spacial score (nSPS) is 13.7. The van der Waals surface area contributed by atoms with Gasteiger partial charge in [0.2, 0.25) is 0 Å². The third-order valence-corrected chi connectivity index (χ3v) is 4.57. The molecule has 0 aliphatic heterocycles. The minimum absolute atomic E-state index is 0.0429. The average molecular weight is 349 g/mol. The second-order valence-corrected chi connectivity index (χ2v) is 6.48. The Labute approximate surface area is 150 Å². The van der Waals surface area contributed by atoms with E-state index in [-0.39, 0.29) is 11.4 Å². The van der Waals surface area contributed by atoms with Gasteiger partial charge in [0.15, 0.2) is 0 Å². The summed E-state index contributed by atoms with van der Waals surface area (Å²) in [5.74, 6) is -0.0138. The first kappa shape index (κ1) is 16.1. The van der Waals surface area contributed by atoms with Crippen molar-refractivity contribution in [1.82, 2.24) is 9.55 Å². The van der Waals surface area contributed by atoms with Crippen LogP contribution in [-0.4, -0.2) is 26.5 Å². The number of aromatic nitrogens is 2. The quantitative estimate of drug-likeness (QED) is 0.403. The predicted molar refractivity (Wildman–Crippen MR) is 99.7 cm³/mol. The third kappa shape index (κ3) is 2.99. The Morgan fingerprint density at radius 2 is 1.92 bits per heavy atom. The first-order valence-corrected chi connectivity index (χ1v) is 8.45. The number of nitrogens with zero attached hydrogens (tertiary/aromatic N) is 2. The van der Waals surface area contributed by atoms with Gasteiger partial charge in [0.25, 0.3) is 0 Å². The van der Waals surface area contributed by atoms with Crippen molar-refractivity contribution in [2.45, 2.75) is 25.4 Å². The second kappa shape index (κ2) is 6.18. The van der Waals surface area contributed by atoms with Gasteiger partial charge in [-0.2, -0.15) is 0 Å². The molecule has 0 spiro atoms. The van der Waals surface area contributed by atoms with E-state index in [0.717, 1.165) is 29.9 Å². The van der Waals surface area contributed by atoms with Gasteiger partial charge in [-0.25, -0.2) is 9.78 Å². The molecule has 0 bridgehead atoms. The van der Waals surface area contributed by atoms with Gasteiger partial charge in [-0.3, -0.25) is 5.41 Å². The van der Waals surface area contributed by atoms with Crippen LogP contribution in [0.3, 0.4) is 0 Å². The van der Waals surface area contributed by atoms with Crippen molar-refractivity contribution < 1.29 is 9.90 Å². The van der Waals surface area contributed by atoms with Gasteiger partial charge in [0.1, 0.15) is 11.7 Å². The standard InChI is InChI=1S/C19H19N5O2/c20-18(21)11-1-4-13(5-2-11)22-10-17-23-15-9-12(19(25)26)3-8-16(15)24(17)14-6-7-14/h1-5,8-9,14,22H,6-7,10H2,(H3,20,21)(H,25,26). The number of nitrogens with one attached hydrogen (secondary N) is 2. The lowest BCUT2D eigenvalue weighted by Gasteiger charge is -2.10. The number of carboxylic acids is 1. The lowest BCUT2D eigenvalue weighted by atomic mass is 10.2. The van der Waals surface area contributed by atoms with Crippen LogP contribution in [0.2, 0.25) is 0 Å². The first-order valence-electron chi connectivity index (χ1n) is 8.45. The summed E-state index contributed by atoms with van der Waals surface area (Å²) >= 11 is 0. The van der Waals surface area contributed by atoms with Crippen LogP contribution >= 0.6 is 0 Å². The molecule has 7 heteroatoms. The number of rotatable bonds is 6. The lowest BCUT2D eigenvalue weighted by molar-refractivity contribution is 0.0697. The molecular formula is C19H19N5O2. The number of benzene rings is 2. The molecule has 0 atom stereocenters. The summed E-state index contributed by atoms with van der Waals surface area (Å²) in [4.78, 5) is 15.9. The summed E-state index contributed by atoms with van der Waals surface area (Å²) in [5, 5.41) is 20.0. The van der Waals surface area contributed by atoms with Crippen LogP contribution in [0.1, 0.15) is 40.6 Å². The molecule has 0 amide bonds. The number of nitrogen functional groups attached to an aromatic ring is 1. The minimum Gasteiger partial charge on any atom is -0.478 e. The van der Waals surface area contributed by atoms with Crippen LogP contribution in [0.25, 0.3) is 11.0 Å². The monoisotopic (exact) mass is 349 g/mol. The summed E-state index contributed by atoms with van der Waals surface area (Å²) in [5.41, 5.74) is 9.00. The van der Waals surface area contributed by atoms with E-state index in [9.17, 15) is 9.90 Å². The highest BCUT2D eigenvalue weighted by atomic mass is 16.4. The van der Waals surface area contributed by atoms with Crippen LogP contribution < -0.4 is 11.1 Å². The Kier molecular flexibility index (Phi) is 3.84. The summed E-state index contributed by atoms with van der Waals surface area (Å²) in [6, 6.07) is 12.9. The molecule has 1 heterocycles. The van der Waals surface area contributed by atoms with Gasteiger partial charge in [-0.15, -0.1) is 0 Å². The summed E-state index contributed by atoms with van der Waals surface area (Å²) in [7, 11) is 0. The molecule has 132 valence electrons. The summed E-state index contributed by atoms with van der Waals surface area (Å²) in [6.45, 7) is 0.535. The number of hydrogen-bond acceptors (Lipinski definition) is 4. The van der Waals surface area contributed by atoms with Crippen LogP contribution in [0.4, 0.5) is 5.69 Å². The van der Waals surface area contributed by atoms with Crippen molar-refractivity contribution in [3.05, 3.63) is 59.4 Å². The zero-order valence-corrected chi connectivity index (χ0v) is 14.1.